The van der Waals surface area contributed by atoms with Crippen molar-refractivity contribution in [1.29, 1.82) is 0 Å². The molecule has 1 aromatic rings. The summed E-state index contributed by atoms with van der Waals surface area (Å²) in [6.07, 6.45) is 3.26. The van der Waals surface area contributed by atoms with Gasteiger partial charge in [-0.1, -0.05) is 13.8 Å². The van der Waals surface area contributed by atoms with Crippen molar-refractivity contribution in [1.82, 2.24) is 9.88 Å². The number of hydrogen-bond acceptors (Lipinski definition) is 2. The third-order valence-corrected chi connectivity index (χ3v) is 1.96. The fraction of sp³-hybridized carbons (Fsp3) is 0.500. The lowest BCUT2D eigenvalue weighted by Crippen LogP contribution is -2.30. The number of hydrogen-bond donors (Lipinski definition) is 0. The largest absolute Gasteiger partial charge is 0.339 e. The van der Waals surface area contributed by atoms with Crippen LogP contribution in [0, 0.1) is 0 Å². The summed E-state index contributed by atoms with van der Waals surface area (Å²) in [5, 5.41) is 0. The van der Waals surface area contributed by atoms with Crippen LogP contribution in [0.1, 0.15) is 38.1 Å². The van der Waals surface area contributed by atoms with E-state index in [1.807, 2.05) is 27.7 Å². The Balaban J connectivity index is 0.000000921. The molecule has 0 radical (unpaired) electrons. The van der Waals surface area contributed by atoms with Crippen molar-refractivity contribution in [3.63, 3.8) is 0 Å². The van der Waals surface area contributed by atoms with E-state index in [1.54, 1.807) is 29.4 Å². The maximum absolute atomic E-state index is 11.7. The van der Waals surface area contributed by atoms with Crippen molar-refractivity contribution >= 4 is 5.91 Å². The first-order chi connectivity index (χ1) is 7.29. The van der Waals surface area contributed by atoms with E-state index >= 15 is 0 Å². The van der Waals surface area contributed by atoms with E-state index in [2.05, 4.69) is 4.98 Å². The molecule has 0 aromatic carbocycles. The molecule has 0 atom stereocenters. The van der Waals surface area contributed by atoms with Gasteiger partial charge in [-0.15, -0.1) is 0 Å². The van der Waals surface area contributed by atoms with E-state index in [-0.39, 0.29) is 5.91 Å². The van der Waals surface area contributed by atoms with Gasteiger partial charge in [0.1, 0.15) is 0 Å². The molecule has 0 N–H and O–H groups in total. The topological polar surface area (TPSA) is 33.2 Å². The highest BCUT2D eigenvalue weighted by Gasteiger charge is 2.11. The number of carbonyl (C=O) groups is 1. The number of rotatable bonds is 3. The van der Waals surface area contributed by atoms with E-state index in [4.69, 9.17) is 0 Å². The van der Waals surface area contributed by atoms with Gasteiger partial charge >= 0.3 is 0 Å². The second-order valence-electron chi connectivity index (χ2n) is 2.72. The predicted octanol–water partition coefficient (Wildman–Crippen LogP) is 2.59. The van der Waals surface area contributed by atoms with Gasteiger partial charge in [0.15, 0.2) is 0 Å². The fourth-order valence-electron chi connectivity index (χ4n) is 1.18. The molecule has 0 spiro atoms. The summed E-state index contributed by atoms with van der Waals surface area (Å²) in [5.41, 5.74) is 0.659. The molecule has 0 aliphatic heterocycles. The molecule has 0 aliphatic rings. The van der Waals surface area contributed by atoms with E-state index < -0.39 is 0 Å². The van der Waals surface area contributed by atoms with Crippen LogP contribution in [-0.2, 0) is 0 Å². The van der Waals surface area contributed by atoms with Crippen LogP contribution in [0.2, 0.25) is 0 Å². The molecule has 84 valence electrons. The minimum atomic E-state index is 0.0538. The Bertz CT molecular complexity index is 268. The summed E-state index contributed by atoms with van der Waals surface area (Å²) >= 11 is 0. The van der Waals surface area contributed by atoms with Crippen molar-refractivity contribution in [3.8, 4) is 0 Å². The lowest BCUT2D eigenvalue weighted by molar-refractivity contribution is 0.0772. The number of aromatic nitrogens is 1. The Kier molecular flexibility index (Phi) is 7.24. The van der Waals surface area contributed by atoms with Gasteiger partial charge in [-0.2, -0.15) is 0 Å². The van der Waals surface area contributed by atoms with Crippen LogP contribution in [0.15, 0.2) is 24.5 Å². The molecule has 0 aliphatic carbocycles. The van der Waals surface area contributed by atoms with Crippen molar-refractivity contribution in [2.75, 3.05) is 13.1 Å². The average Bonchev–Trinajstić information content (AvgIpc) is 2.34. The molecule has 3 nitrogen and oxygen atoms in total. The van der Waals surface area contributed by atoms with Crippen molar-refractivity contribution in [2.24, 2.45) is 0 Å². The third-order valence-electron chi connectivity index (χ3n) is 1.96. The number of pyridine rings is 1. The molecule has 0 saturated carbocycles. The molecule has 3 heteroatoms. The predicted molar refractivity (Wildman–Crippen MR) is 62.8 cm³/mol. The Labute approximate surface area is 92.1 Å². The summed E-state index contributed by atoms with van der Waals surface area (Å²) in [7, 11) is 0. The summed E-state index contributed by atoms with van der Waals surface area (Å²) in [5.74, 6) is 0.0538. The van der Waals surface area contributed by atoms with Gasteiger partial charge in [0, 0.05) is 25.5 Å². The Morgan fingerprint density at radius 3 is 2.33 bits per heavy atom. The normalized spacial score (nSPS) is 8.80. The van der Waals surface area contributed by atoms with Gasteiger partial charge in [-0.25, -0.2) is 0 Å². The standard InChI is InChI=1S/C10H14N2O.C2H6/c1-3-12(4-2)10(13)9-6-5-7-11-8-9;1-2/h5-8H,3-4H2,1-2H3;1-2H3. The van der Waals surface area contributed by atoms with E-state index in [9.17, 15) is 4.79 Å². The molecule has 15 heavy (non-hydrogen) atoms. The Hall–Kier alpha value is -1.38. The van der Waals surface area contributed by atoms with Crippen LogP contribution in [0.4, 0.5) is 0 Å². The van der Waals surface area contributed by atoms with Crippen LogP contribution in [0.3, 0.4) is 0 Å². The molecule has 0 saturated heterocycles. The zero-order chi connectivity index (χ0) is 11.7. The van der Waals surface area contributed by atoms with Crippen molar-refractivity contribution < 1.29 is 4.79 Å². The van der Waals surface area contributed by atoms with Crippen molar-refractivity contribution in [3.05, 3.63) is 30.1 Å². The summed E-state index contributed by atoms with van der Waals surface area (Å²) in [6.45, 7) is 9.42. The Morgan fingerprint density at radius 1 is 1.33 bits per heavy atom. The van der Waals surface area contributed by atoms with Gasteiger partial charge in [-0.3, -0.25) is 9.78 Å². The van der Waals surface area contributed by atoms with Gasteiger partial charge in [-0.05, 0) is 26.0 Å². The second kappa shape index (κ2) is 7.97. The van der Waals surface area contributed by atoms with Crippen LogP contribution in [-0.4, -0.2) is 28.9 Å². The van der Waals surface area contributed by atoms with Crippen LogP contribution < -0.4 is 0 Å². The minimum absolute atomic E-state index is 0.0538. The highest BCUT2D eigenvalue weighted by atomic mass is 16.2. The monoisotopic (exact) mass is 208 g/mol. The third kappa shape index (κ3) is 4.11. The number of carbonyl (C=O) groups excluding carboxylic acids is 1. The maximum Gasteiger partial charge on any atom is 0.255 e. The zero-order valence-electron chi connectivity index (χ0n) is 10.0. The number of amides is 1. The first kappa shape index (κ1) is 13.6. The molecule has 1 aromatic heterocycles. The van der Waals surface area contributed by atoms with E-state index in [1.165, 1.54) is 0 Å². The molecule has 0 unspecified atom stereocenters. The Morgan fingerprint density at radius 2 is 1.93 bits per heavy atom. The van der Waals surface area contributed by atoms with Gasteiger partial charge in [0.05, 0.1) is 5.56 Å². The molecule has 1 rings (SSSR count). The quantitative estimate of drug-likeness (QED) is 0.765. The first-order valence-electron chi connectivity index (χ1n) is 5.48. The second-order valence-corrected chi connectivity index (χ2v) is 2.72. The summed E-state index contributed by atoms with van der Waals surface area (Å²) < 4.78 is 0. The minimum Gasteiger partial charge on any atom is -0.339 e. The first-order valence-corrected chi connectivity index (χ1v) is 5.48. The molecule has 1 amide bonds. The highest BCUT2D eigenvalue weighted by molar-refractivity contribution is 5.93. The summed E-state index contributed by atoms with van der Waals surface area (Å²) in [6, 6.07) is 3.56. The van der Waals surface area contributed by atoms with Crippen molar-refractivity contribution in [2.45, 2.75) is 27.7 Å². The molecule has 0 bridgehead atoms. The zero-order valence-corrected chi connectivity index (χ0v) is 10.0. The van der Waals surface area contributed by atoms with Gasteiger partial charge in [0.25, 0.3) is 5.91 Å². The SMILES string of the molecule is CC.CCN(CC)C(=O)c1cccnc1. The maximum atomic E-state index is 11.7. The average molecular weight is 208 g/mol. The fourth-order valence-corrected chi connectivity index (χ4v) is 1.18. The molecule has 1 heterocycles. The lowest BCUT2D eigenvalue weighted by atomic mass is 10.2. The van der Waals surface area contributed by atoms with Crippen LogP contribution >= 0.6 is 0 Å². The van der Waals surface area contributed by atoms with Crippen LogP contribution in [0.25, 0.3) is 0 Å². The lowest BCUT2D eigenvalue weighted by Gasteiger charge is -2.17. The van der Waals surface area contributed by atoms with Crippen LogP contribution in [0.5, 0.6) is 0 Å². The smallest absolute Gasteiger partial charge is 0.255 e. The molecular weight excluding hydrogens is 188 g/mol. The van der Waals surface area contributed by atoms with E-state index in [0.29, 0.717) is 5.56 Å². The molecular formula is C12H20N2O. The van der Waals surface area contributed by atoms with Gasteiger partial charge in [0.2, 0.25) is 0 Å². The number of nitrogens with zero attached hydrogens (tertiary/aromatic N) is 2. The molecule has 0 fully saturated rings. The highest BCUT2D eigenvalue weighted by Crippen LogP contribution is 2.01. The van der Waals surface area contributed by atoms with E-state index in [0.717, 1.165) is 13.1 Å². The summed E-state index contributed by atoms with van der Waals surface area (Å²) in [4.78, 5) is 17.4. The van der Waals surface area contributed by atoms with Gasteiger partial charge < -0.3 is 4.90 Å².